The molecular weight excluding hydrogens is 198 g/mol. The van der Waals surface area contributed by atoms with Crippen LogP contribution < -0.4 is 0 Å². The Morgan fingerprint density at radius 3 is 2.69 bits per heavy atom. The van der Waals surface area contributed by atoms with Crippen LogP contribution in [0.25, 0.3) is 0 Å². The van der Waals surface area contributed by atoms with Gasteiger partial charge in [0.1, 0.15) is 0 Å². The molecule has 0 bridgehead atoms. The van der Waals surface area contributed by atoms with Crippen LogP contribution in [-0.2, 0) is 17.6 Å². The molecule has 1 aromatic rings. The lowest BCUT2D eigenvalue weighted by molar-refractivity contribution is -0.131. The molecule has 1 aliphatic carbocycles. The fourth-order valence-corrected chi connectivity index (χ4v) is 2.68. The number of carbonyl (C=O) groups excluding carboxylic acids is 1. The first kappa shape index (κ1) is 11.2. The second-order valence-corrected chi connectivity index (χ2v) is 4.47. The van der Waals surface area contributed by atoms with Gasteiger partial charge in [-0.2, -0.15) is 0 Å². The van der Waals surface area contributed by atoms with Crippen molar-refractivity contribution in [3.63, 3.8) is 0 Å². The number of likely N-dealkylation sites (N-methyl/N-ethyl adjacent to an activating group) is 1. The summed E-state index contributed by atoms with van der Waals surface area (Å²) in [5.74, 6) is 0.201. The molecule has 0 aromatic heterocycles. The molecule has 1 aliphatic rings. The zero-order chi connectivity index (χ0) is 11.5. The molecule has 0 saturated heterocycles. The Bertz CT molecular complexity index is 386. The second-order valence-electron chi connectivity index (χ2n) is 4.47. The van der Waals surface area contributed by atoms with Gasteiger partial charge in [-0.1, -0.05) is 24.3 Å². The lowest BCUT2D eigenvalue weighted by Gasteiger charge is -2.33. The van der Waals surface area contributed by atoms with Gasteiger partial charge in [-0.25, -0.2) is 0 Å². The summed E-state index contributed by atoms with van der Waals surface area (Å²) in [4.78, 5) is 13.5. The Morgan fingerprint density at radius 1 is 1.38 bits per heavy atom. The third-order valence-electron chi connectivity index (χ3n) is 3.51. The Kier molecular flexibility index (Phi) is 3.28. The number of aryl methyl sites for hydroxylation is 1. The molecule has 2 heteroatoms. The fraction of sp³-hybridized carbons (Fsp3) is 0.500. The molecule has 0 radical (unpaired) electrons. The highest BCUT2D eigenvalue weighted by Gasteiger charge is 2.24. The summed E-state index contributed by atoms with van der Waals surface area (Å²) < 4.78 is 0. The van der Waals surface area contributed by atoms with E-state index >= 15 is 0 Å². The number of nitrogens with zero attached hydrogens (tertiary/aromatic N) is 1. The van der Waals surface area contributed by atoms with Gasteiger partial charge in [-0.15, -0.1) is 0 Å². The first-order valence-electron chi connectivity index (χ1n) is 6.06. The predicted octanol–water partition coefficient (Wildman–Crippen LogP) is 2.41. The Morgan fingerprint density at radius 2 is 2.06 bits per heavy atom. The van der Waals surface area contributed by atoms with Gasteiger partial charge in [0.25, 0.3) is 0 Å². The molecule has 86 valence electrons. The summed E-state index contributed by atoms with van der Waals surface area (Å²) in [6.45, 7) is 4.55. The molecule has 2 nitrogen and oxygen atoms in total. The molecule has 1 aromatic carbocycles. The number of hydrogen-bond donors (Lipinski definition) is 0. The minimum atomic E-state index is 0.201. The van der Waals surface area contributed by atoms with E-state index < -0.39 is 0 Å². The summed E-state index contributed by atoms with van der Waals surface area (Å²) in [5.41, 5.74) is 2.87. The van der Waals surface area contributed by atoms with E-state index in [1.54, 1.807) is 6.92 Å². The highest BCUT2D eigenvalue weighted by Crippen LogP contribution is 2.24. The van der Waals surface area contributed by atoms with Crippen LogP contribution in [0.5, 0.6) is 0 Å². The van der Waals surface area contributed by atoms with E-state index in [0.29, 0.717) is 6.04 Å². The molecule has 0 fully saturated rings. The molecule has 0 N–H and O–H groups in total. The van der Waals surface area contributed by atoms with Crippen molar-refractivity contribution in [2.75, 3.05) is 6.54 Å². The molecule has 0 aliphatic heterocycles. The molecule has 16 heavy (non-hydrogen) atoms. The van der Waals surface area contributed by atoms with Crippen LogP contribution in [0, 0.1) is 0 Å². The molecule has 0 saturated carbocycles. The number of carbonyl (C=O) groups is 1. The third kappa shape index (κ3) is 2.11. The average molecular weight is 217 g/mol. The van der Waals surface area contributed by atoms with Gasteiger partial charge in [0, 0.05) is 19.5 Å². The largest absolute Gasteiger partial charge is 0.340 e. The number of benzene rings is 1. The van der Waals surface area contributed by atoms with Crippen molar-refractivity contribution >= 4 is 5.91 Å². The fourth-order valence-electron chi connectivity index (χ4n) is 2.68. The highest BCUT2D eigenvalue weighted by atomic mass is 16.2. The normalized spacial score (nSPS) is 19.0. The van der Waals surface area contributed by atoms with Gasteiger partial charge >= 0.3 is 0 Å². The topological polar surface area (TPSA) is 20.3 Å². The van der Waals surface area contributed by atoms with Crippen molar-refractivity contribution in [3.05, 3.63) is 35.4 Å². The molecule has 0 unspecified atom stereocenters. The summed E-state index contributed by atoms with van der Waals surface area (Å²) in [7, 11) is 0. The van der Waals surface area contributed by atoms with E-state index in [9.17, 15) is 4.79 Å². The van der Waals surface area contributed by atoms with Crippen LogP contribution in [0.4, 0.5) is 0 Å². The van der Waals surface area contributed by atoms with Gasteiger partial charge in [-0.3, -0.25) is 4.79 Å². The van der Waals surface area contributed by atoms with Crippen LogP contribution in [0.2, 0.25) is 0 Å². The number of fused-ring (bicyclic) bond motifs is 1. The molecule has 0 spiro atoms. The Balaban J connectivity index is 2.15. The standard InChI is InChI=1S/C14H19NO/c1-3-15(11(2)16)14-9-8-12-6-4-5-7-13(12)10-14/h4-7,14H,3,8-10H2,1-2H3/t14-/m0/s1. The van der Waals surface area contributed by atoms with E-state index in [0.717, 1.165) is 25.8 Å². The zero-order valence-electron chi connectivity index (χ0n) is 10.1. The molecule has 1 atom stereocenters. The SMILES string of the molecule is CCN(C(C)=O)[C@H]1CCc2ccccc2C1. The zero-order valence-corrected chi connectivity index (χ0v) is 10.1. The van der Waals surface area contributed by atoms with Crippen molar-refractivity contribution < 1.29 is 4.79 Å². The van der Waals surface area contributed by atoms with Gasteiger partial charge in [-0.05, 0) is 37.3 Å². The van der Waals surface area contributed by atoms with E-state index in [1.165, 1.54) is 11.1 Å². The quantitative estimate of drug-likeness (QED) is 0.745. The van der Waals surface area contributed by atoms with Gasteiger partial charge in [0.05, 0.1) is 0 Å². The van der Waals surface area contributed by atoms with E-state index in [1.807, 2.05) is 4.90 Å². The maximum atomic E-state index is 11.5. The lowest BCUT2D eigenvalue weighted by atomic mass is 9.87. The van der Waals surface area contributed by atoms with E-state index in [4.69, 9.17) is 0 Å². The van der Waals surface area contributed by atoms with E-state index in [2.05, 4.69) is 31.2 Å². The van der Waals surface area contributed by atoms with Crippen LogP contribution in [0.15, 0.2) is 24.3 Å². The molecular formula is C14H19NO. The molecule has 1 amide bonds. The number of rotatable bonds is 2. The number of hydrogen-bond acceptors (Lipinski definition) is 1. The van der Waals surface area contributed by atoms with Gasteiger partial charge in [0.15, 0.2) is 0 Å². The lowest BCUT2D eigenvalue weighted by Crippen LogP contribution is -2.42. The maximum absolute atomic E-state index is 11.5. The first-order valence-corrected chi connectivity index (χ1v) is 6.06. The second kappa shape index (κ2) is 4.69. The summed E-state index contributed by atoms with van der Waals surface area (Å²) in [6, 6.07) is 8.98. The molecule has 2 rings (SSSR count). The minimum Gasteiger partial charge on any atom is -0.340 e. The molecule has 0 heterocycles. The Labute approximate surface area is 97.3 Å². The minimum absolute atomic E-state index is 0.201. The van der Waals surface area contributed by atoms with E-state index in [-0.39, 0.29) is 5.91 Å². The average Bonchev–Trinajstić information content (AvgIpc) is 2.29. The summed E-state index contributed by atoms with van der Waals surface area (Å²) in [5, 5.41) is 0. The van der Waals surface area contributed by atoms with Crippen LogP contribution in [0.3, 0.4) is 0 Å². The smallest absolute Gasteiger partial charge is 0.219 e. The predicted molar refractivity (Wildman–Crippen MR) is 65.3 cm³/mol. The van der Waals surface area contributed by atoms with Crippen molar-refractivity contribution in [2.24, 2.45) is 0 Å². The highest BCUT2D eigenvalue weighted by molar-refractivity contribution is 5.73. The maximum Gasteiger partial charge on any atom is 0.219 e. The van der Waals surface area contributed by atoms with Crippen LogP contribution in [-0.4, -0.2) is 23.4 Å². The van der Waals surface area contributed by atoms with Crippen LogP contribution in [0.1, 0.15) is 31.4 Å². The Hall–Kier alpha value is -1.31. The van der Waals surface area contributed by atoms with Gasteiger partial charge in [0.2, 0.25) is 5.91 Å². The van der Waals surface area contributed by atoms with Crippen molar-refractivity contribution in [1.29, 1.82) is 0 Å². The van der Waals surface area contributed by atoms with Crippen molar-refractivity contribution in [2.45, 2.75) is 39.2 Å². The van der Waals surface area contributed by atoms with Crippen LogP contribution >= 0.6 is 0 Å². The van der Waals surface area contributed by atoms with Crippen molar-refractivity contribution in [3.8, 4) is 0 Å². The number of amides is 1. The van der Waals surface area contributed by atoms with Gasteiger partial charge < -0.3 is 4.90 Å². The first-order chi connectivity index (χ1) is 7.72. The van der Waals surface area contributed by atoms with Crippen molar-refractivity contribution in [1.82, 2.24) is 4.90 Å². The summed E-state index contributed by atoms with van der Waals surface area (Å²) >= 11 is 0. The summed E-state index contributed by atoms with van der Waals surface area (Å²) in [6.07, 6.45) is 3.22. The third-order valence-corrected chi connectivity index (χ3v) is 3.51. The monoisotopic (exact) mass is 217 g/mol.